The van der Waals surface area contributed by atoms with Gasteiger partial charge in [-0.25, -0.2) is 0 Å². The van der Waals surface area contributed by atoms with E-state index in [9.17, 15) is 0 Å². The number of para-hydroxylation sites is 1. The third-order valence-corrected chi connectivity index (χ3v) is 2.36. The first-order chi connectivity index (χ1) is 6.81. The van der Waals surface area contributed by atoms with E-state index in [4.69, 9.17) is 5.84 Å². The van der Waals surface area contributed by atoms with Crippen LogP contribution >= 0.6 is 0 Å². The molecular formula is C11H13N3. The molecule has 0 spiro atoms. The maximum atomic E-state index is 5.37. The minimum Gasteiger partial charge on any atom is -0.271 e. The Morgan fingerprint density at radius 1 is 1.36 bits per heavy atom. The average molecular weight is 187 g/mol. The summed E-state index contributed by atoms with van der Waals surface area (Å²) < 4.78 is 0. The van der Waals surface area contributed by atoms with Crippen LogP contribution in [0, 0.1) is 0 Å². The number of fused-ring (bicyclic) bond motifs is 1. The van der Waals surface area contributed by atoms with E-state index >= 15 is 0 Å². The second-order valence-corrected chi connectivity index (χ2v) is 3.35. The van der Waals surface area contributed by atoms with Gasteiger partial charge in [-0.2, -0.15) is 0 Å². The fourth-order valence-corrected chi connectivity index (χ4v) is 1.42. The SMILES string of the molecule is CC(NN)c1cnc2ccccc2c1. The van der Waals surface area contributed by atoms with Crippen LogP contribution < -0.4 is 11.3 Å². The number of nitrogens with one attached hydrogen (secondary N) is 1. The lowest BCUT2D eigenvalue weighted by Crippen LogP contribution is -2.25. The van der Waals surface area contributed by atoms with Gasteiger partial charge in [0.25, 0.3) is 0 Å². The lowest BCUT2D eigenvalue weighted by molar-refractivity contribution is 0.601. The van der Waals surface area contributed by atoms with E-state index in [0.717, 1.165) is 16.5 Å². The first-order valence-electron chi connectivity index (χ1n) is 4.62. The molecule has 0 saturated heterocycles. The Hall–Kier alpha value is -1.45. The molecule has 3 N–H and O–H groups in total. The lowest BCUT2D eigenvalue weighted by Gasteiger charge is -2.10. The summed E-state index contributed by atoms with van der Waals surface area (Å²) in [7, 11) is 0. The van der Waals surface area contributed by atoms with Gasteiger partial charge in [-0.15, -0.1) is 0 Å². The summed E-state index contributed by atoms with van der Waals surface area (Å²) in [5.41, 5.74) is 4.82. The largest absolute Gasteiger partial charge is 0.271 e. The second kappa shape index (κ2) is 3.74. The van der Waals surface area contributed by atoms with Crippen molar-refractivity contribution in [3.8, 4) is 0 Å². The van der Waals surface area contributed by atoms with Gasteiger partial charge in [0.15, 0.2) is 0 Å². The molecule has 0 aliphatic rings. The van der Waals surface area contributed by atoms with Crippen LogP contribution in [0.15, 0.2) is 36.5 Å². The van der Waals surface area contributed by atoms with Gasteiger partial charge in [0.2, 0.25) is 0 Å². The van der Waals surface area contributed by atoms with E-state index in [1.54, 1.807) is 0 Å². The average Bonchev–Trinajstić information content (AvgIpc) is 2.27. The molecule has 1 aromatic carbocycles. The van der Waals surface area contributed by atoms with Crippen molar-refractivity contribution in [1.29, 1.82) is 0 Å². The van der Waals surface area contributed by atoms with Gasteiger partial charge in [0.1, 0.15) is 0 Å². The van der Waals surface area contributed by atoms with Crippen LogP contribution in [0.5, 0.6) is 0 Å². The zero-order valence-corrected chi connectivity index (χ0v) is 8.07. The number of nitrogens with two attached hydrogens (primary N) is 1. The van der Waals surface area contributed by atoms with Crippen molar-refractivity contribution in [2.45, 2.75) is 13.0 Å². The molecule has 0 aliphatic carbocycles. The van der Waals surface area contributed by atoms with Crippen LogP contribution in [0.1, 0.15) is 18.5 Å². The molecule has 2 rings (SSSR count). The standard InChI is InChI=1S/C11H13N3/c1-8(14-12)10-6-9-4-2-3-5-11(9)13-7-10/h2-8,14H,12H2,1H3. The Bertz CT molecular complexity index is 439. The maximum absolute atomic E-state index is 5.37. The number of aromatic nitrogens is 1. The van der Waals surface area contributed by atoms with E-state index < -0.39 is 0 Å². The fraction of sp³-hybridized carbons (Fsp3) is 0.182. The van der Waals surface area contributed by atoms with E-state index in [2.05, 4.69) is 22.5 Å². The van der Waals surface area contributed by atoms with Crippen molar-refractivity contribution in [3.63, 3.8) is 0 Å². The topological polar surface area (TPSA) is 50.9 Å². The Labute approximate surface area is 82.9 Å². The molecule has 0 bridgehead atoms. The molecule has 0 radical (unpaired) electrons. The van der Waals surface area contributed by atoms with Crippen LogP contribution in [0.2, 0.25) is 0 Å². The number of hydrogen-bond donors (Lipinski definition) is 2. The van der Waals surface area contributed by atoms with E-state index in [1.807, 2.05) is 31.3 Å². The summed E-state index contributed by atoms with van der Waals surface area (Å²) in [5.74, 6) is 5.37. The molecule has 1 heterocycles. The molecule has 0 fully saturated rings. The summed E-state index contributed by atoms with van der Waals surface area (Å²) in [6.45, 7) is 2.01. The lowest BCUT2D eigenvalue weighted by atomic mass is 10.1. The third kappa shape index (κ3) is 1.60. The van der Waals surface area contributed by atoms with Gasteiger partial charge in [-0.3, -0.25) is 16.3 Å². The van der Waals surface area contributed by atoms with Crippen LogP contribution in [-0.4, -0.2) is 4.98 Å². The smallest absolute Gasteiger partial charge is 0.0702 e. The molecule has 1 atom stereocenters. The number of pyridine rings is 1. The molecule has 3 heteroatoms. The summed E-state index contributed by atoms with van der Waals surface area (Å²) in [6.07, 6.45) is 1.85. The second-order valence-electron chi connectivity index (χ2n) is 3.35. The minimum absolute atomic E-state index is 0.132. The Morgan fingerprint density at radius 2 is 2.14 bits per heavy atom. The van der Waals surface area contributed by atoms with Gasteiger partial charge in [0, 0.05) is 17.6 Å². The van der Waals surface area contributed by atoms with Gasteiger partial charge in [-0.05, 0) is 24.6 Å². The van der Waals surface area contributed by atoms with Crippen LogP contribution in [0.4, 0.5) is 0 Å². The predicted molar refractivity (Wildman–Crippen MR) is 57.5 cm³/mol. The fourth-order valence-electron chi connectivity index (χ4n) is 1.42. The Morgan fingerprint density at radius 3 is 2.93 bits per heavy atom. The number of benzene rings is 1. The van der Waals surface area contributed by atoms with E-state index in [0.29, 0.717) is 0 Å². The first kappa shape index (κ1) is 9.12. The Balaban J connectivity index is 2.51. The van der Waals surface area contributed by atoms with Gasteiger partial charge < -0.3 is 0 Å². The van der Waals surface area contributed by atoms with Gasteiger partial charge >= 0.3 is 0 Å². The molecular weight excluding hydrogens is 174 g/mol. The zero-order chi connectivity index (χ0) is 9.97. The van der Waals surface area contributed by atoms with Crippen molar-refractivity contribution in [3.05, 3.63) is 42.1 Å². The number of rotatable bonds is 2. The molecule has 0 amide bonds. The molecule has 0 saturated carbocycles. The van der Waals surface area contributed by atoms with Crippen molar-refractivity contribution in [1.82, 2.24) is 10.4 Å². The normalized spacial score (nSPS) is 13.0. The molecule has 1 unspecified atom stereocenters. The maximum Gasteiger partial charge on any atom is 0.0702 e. The highest BCUT2D eigenvalue weighted by molar-refractivity contribution is 5.78. The number of hydrogen-bond acceptors (Lipinski definition) is 3. The van der Waals surface area contributed by atoms with E-state index in [-0.39, 0.29) is 6.04 Å². The monoisotopic (exact) mass is 187 g/mol. The minimum atomic E-state index is 0.132. The summed E-state index contributed by atoms with van der Waals surface area (Å²) >= 11 is 0. The van der Waals surface area contributed by atoms with Crippen molar-refractivity contribution in [2.75, 3.05) is 0 Å². The van der Waals surface area contributed by atoms with Crippen LogP contribution in [-0.2, 0) is 0 Å². The van der Waals surface area contributed by atoms with Gasteiger partial charge in [-0.1, -0.05) is 18.2 Å². The molecule has 14 heavy (non-hydrogen) atoms. The first-order valence-corrected chi connectivity index (χ1v) is 4.62. The van der Waals surface area contributed by atoms with Crippen LogP contribution in [0.3, 0.4) is 0 Å². The highest BCUT2D eigenvalue weighted by atomic mass is 15.2. The van der Waals surface area contributed by atoms with E-state index in [1.165, 1.54) is 0 Å². The summed E-state index contributed by atoms with van der Waals surface area (Å²) in [6, 6.07) is 10.3. The number of nitrogens with zero attached hydrogens (tertiary/aromatic N) is 1. The molecule has 2 aromatic rings. The van der Waals surface area contributed by atoms with Crippen molar-refractivity contribution >= 4 is 10.9 Å². The molecule has 3 nitrogen and oxygen atoms in total. The molecule has 1 aromatic heterocycles. The Kier molecular flexibility index (Phi) is 2.43. The van der Waals surface area contributed by atoms with Crippen molar-refractivity contribution in [2.24, 2.45) is 5.84 Å². The van der Waals surface area contributed by atoms with Crippen LogP contribution in [0.25, 0.3) is 10.9 Å². The number of hydrazine groups is 1. The predicted octanol–water partition coefficient (Wildman–Crippen LogP) is 1.76. The van der Waals surface area contributed by atoms with Crippen molar-refractivity contribution < 1.29 is 0 Å². The molecule has 0 aliphatic heterocycles. The highest BCUT2D eigenvalue weighted by Crippen LogP contribution is 2.16. The summed E-state index contributed by atoms with van der Waals surface area (Å²) in [5, 5.41) is 1.15. The molecule has 72 valence electrons. The summed E-state index contributed by atoms with van der Waals surface area (Å²) in [4.78, 5) is 4.35. The third-order valence-electron chi connectivity index (χ3n) is 2.36. The van der Waals surface area contributed by atoms with Gasteiger partial charge in [0.05, 0.1) is 5.52 Å². The zero-order valence-electron chi connectivity index (χ0n) is 8.07. The highest BCUT2D eigenvalue weighted by Gasteiger charge is 2.03. The quantitative estimate of drug-likeness (QED) is 0.556.